The zero-order chi connectivity index (χ0) is 20.3. The summed E-state index contributed by atoms with van der Waals surface area (Å²) in [6.07, 6.45) is 2.06. The number of hydrogen-bond donors (Lipinski definition) is 5. The molecule has 150 valence electrons. The molecule has 9 heteroatoms. The van der Waals surface area contributed by atoms with Gasteiger partial charge in [-0.15, -0.1) is 0 Å². The van der Waals surface area contributed by atoms with Gasteiger partial charge in [-0.05, 0) is 25.7 Å². The topological polar surface area (TPSA) is 145 Å². The lowest BCUT2D eigenvalue weighted by Crippen LogP contribution is -2.51. The monoisotopic (exact) mass is 373 g/mol. The fourth-order valence-corrected chi connectivity index (χ4v) is 2.10. The van der Waals surface area contributed by atoms with E-state index in [0.717, 1.165) is 0 Å². The van der Waals surface area contributed by atoms with E-state index in [4.69, 9.17) is 5.11 Å². The molecule has 0 rings (SSSR count). The number of hydrogen-bond acceptors (Lipinski definition) is 4. The average Bonchev–Trinajstić information content (AvgIpc) is 2.51. The van der Waals surface area contributed by atoms with Crippen molar-refractivity contribution in [3.8, 4) is 0 Å². The number of aliphatic carboxylic acids is 2. The lowest BCUT2D eigenvalue weighted by Gasteiger charge is -2.19. The Kier molecular flexibility index (Phi) is 10.3. The highest BCUT2D eigenvalue weighted by molar-refractivity contribution is 5.86. The van der Waals surface area contributed by atoms with Crippen LogP contribution in [0.4, 0.5) is 4.79 Å². The molecule has 0 fully saturated rings. The molecule has 5 N–H and O–H groups in total. The Balaban J connectivity index is 4.32. The first-order valence-electron chi connectivity index (χ1n) is 8.80. The largest absolute Gasteiger partial charge is 0.480 e. The van der Waals surface area contributed by atoms with Gasteiger partial charge in [0.1, 0.15) is 12.1 Å². The minimum atomic E-state index is -1.19. The predicted octanol–water partition coefficient (Wildman–Crippen LogP) is 1.32. The third-order valence-electron chi connectivity index (χ3n) is 3.67. The highest BCUT2D eigenvalue weighted by Crippen LogP contribution is 2.12. The van der Waals surface area contributed by atoms with Crippen molar-refractivity contribution >= 4 is 23.9 Å². The Labute approximate surface area is 153 Å². The minimum Gasteiger partial charge on any atom is -0.480 e. The molecule has 0 aliphatic carbocycles. The molecule has 0 saturated heterocycles. The number of carboxylic acids is 2. The van der Waals surface area contributed by atoms with Crippen LogP contribution in [0.25, 0.3) is 0 Å². The van der Waals surface area contributed by atoms with Crippen molar-refractivity contribution < 1.29 is 29.4 Å². The molecule has 9 nitrogen and oxygen atoms in total. The van der Waals surface area contributed by atoms with E-state index in [-0.39, 0.29) is 18.7 Å². The molecule has 3 amide bonds. The maximum absolute atomic E-state index is 11.8. The van der Waals surface area contributed by atoms with Crippen LogP contribution in [0.5, 0.6) is 0 Å². The summed E-state index contributed by atoms with van der Waals surface area (Å²) in [5, 5.41) is 25.5. The second kappa shape index (κ2) is 11.3. The first-order valence-corrected chi connectivity index (χ1v) is 8.80. The van der Waals surface area contributed by atoms with E-state index in [1.165, 1.54) is 0 Å². The predicted molar refractivity (Wildman–Crippen MR) is 95.7 cm³/mol. The van der Waals surface area contributed by atoms with Gasteiger partial charge in [-0.1, -0.05) is 34.1 Å². The smallest absolute Gasteiger partial charge is 0.326 e. The molecule has 2 unspecified atom stereocenters. The van der Waals surface area contributed by atoms with E-state index in [9.17, 15) is 24.3 Å². The fourth-order valence-electron chi connectivity index (χ4n) is 2.10. The normalized spacial score (nSPS) is 13.4. The Bertz CT molecular complexity index is 501. The lowest BCUT2D eigenvalue weighted by atomic mass is 9.95. The summed E-state index contributed by atoms with van der Waals surface area (Å²) in [6, 6.07) is -2.99. The summed E-state index contributed by atoms with van der Waals surface area (Å²) in [5.41, 5.74) is -0.484. The Hall–Kier alpha value is -2.32. The van der Waals surface area contributed by atoms with Crippen LogP contribution in [0.3, 0.4) is 0 Å². The van der Waals surface area contributed by atoms with Gasteiger partial charge in [0.2, 0.25) is 5.91 Å². The molecule has 0 aromatic heterocycles. The van der Waals surface area contributed by atoms with E-state index in [1.54, 1.807) is 27.7 Å². The van der Waals surface area contributed by atoms with Crippen molar-refractivity contribution in [3.05, 3.63) is 0 Å². The number of rotatable bonds is 11. The van der Waals surface area contributed by atoms with Crippen LogP contribution in [-0.4, -0.2) is 52.7 Å². The highest BCUT2D eigenvalue weighted by Gasteiger charge is 2.24. The molecule has 0 aromatic rings. The Morgan fingerprint density at radius 3 is 1.81 bits per heavy atom. The standard InChI is InChI=1S/C17H31N3O6/c1-5-8-11(13(21)22)19-16(26)20-12(14(23)24)9-6-7-10-18-15(25)17(2,3)4/h11-12H,5-10H2,1-4H3,(H,18,25)(H,21,22)(H,23,24)(H2,19,20,26). The van der Waals surface area contributed by atoms with Crippen LogP contribution >= 0.6 is 0 Å². The molecular formula is C17H31N3O6. The van der Waals surface area contributed by atoms with Crippen LogP contribution in [0.1, 0.15) is 59.8 Å². The van der Waals surface area contributed by atoms with Crippen LogP contribution in [0, 0.1) is 5.41 Å². The number of carbonyl (C=O) groups is 4. The minimum absolute atomic E-state index is 0.0829. The van der Waals surface area contributed by atoms with Crippen LogP contribution in [-0.2, 0) is 14.4 Å². The molecule has 0 heterocycles. The van der Waals surface area contributed by atoms with Crippen molar-refractivity contribution in [1.82, 2.24) is 16.0 Å². The summed E-state index contributed by atoms with van der Waals surface area (Å²) >= 11 is 0. The highest BCUT2D eigenvalue weighted by atomic mass is 16.4. The van der Waals surface area contributed by atoms with Gasteiger partial charge < -0.3 is 26.2 Å². The quantitative estimate of drug-likeness (QED) is 0.345. The van der Waals surface area contributed by atoms with Crippen molar-refractivity contribution in [2.75, 3.05) is 6.54 Å². The van der Waals surface area contributed by atoms with E-state index >= 15 is 0 Å². The zero-order valence-electron chi connectivity index (χ0n) is 15.9. The first kappa shape index (κ1) is 23.7. The summed E-state index contributed by atoms with van der Waals surface area (Å²) < 4.78 is 0. The molecule has 0 spiro atoms. The Morgan fingerprint density at radius 1 is 0.885 bits per heavy atom. The van der Waals surface area contributed by atoms with E-state index < -0.39 is 35.5 Å². The van der Waals surface area contributed by atoms with Crippen LogP contribution < -0.4 is 16.0 Å². The van der Waals surface area contributed by atoms with Gasteiger partial charge in [-0.25, -0.2) is 14.4 Å². The van der Waals surface area contributed by atoms with Gasteiger partial charge in [0, 0.05) is 12.0 Å². The Morgan fingerprint density at radius 2 is 1.38 bits per heavy atom. The molecule has 26 heavy (non-hydrogen) atoms. The molecule has 0 aromatic carbocycles. The van der Waals surface area contributed by atoms with Gasteiger partial charge in [0.25, 0.3) is 0 Å². The summed E-state index contributed by atoms with van der Waals surface area (Å²) in [6.45, 7) is 7.61. The summed E-state index contributed by atoms with van der Waals surface area (Å²) in [7, 11) is 0. The van der Waals surface area contributed by atoms with Gasteiger partial charge in [-0.2, -0.15) is 0 Å². The summed E-state index contributed by atoms with van der Waals surface area (Å²) in [4.78, 5) is 45.8. The second-order valence-electron chi connectivity index (χ2n) is 7.19. The number of unbranched alkanes of at least 4 members (excludes halogenated alkanes) is 1. The van der Waals surface area contributed by atoms with Gasteiger partial charge in [0.15, 0.2) is 0 Å². The van der Waals surface area contributed by atoms with Gasteiger partial charge in [0.05, 0.1) is 0 Å². The number of nitrogens with one attached hydrogen (secondary N) is 3. The molecule has 0 radical (unpaired) electrons. The second-order valence-corrected chi connectivity index (χ2v) is 7.19. The summed E-state index contributed by atoms with van der Waals surface area (Å²) in [5.74, 6) is -2.44. The molecule has 0 saturated carbocycles. The number of carboxylic acid groups (broad SMARTS) is 2. The third kappa shape index (κ3) is 9.85. The lowest BCUT2D eigenvalue weighted by molar-refractivity contribution is -0.139. The van der Waals surface area contributed by atoms with E-state index in [2.05, 4.69) is 16.0 Å². The third-order valence-corrected chi connectivity index (χ3v) is 3.67. The van der Waals surface area contributed by atoms with Crippen molar-refractivity contribution in [3.63, 3.8) is 0 Å². The van der Waals surface area contributed by atoms with E-state index in [1.807, 2.05) is 0 Å². The molecule has 0 bridgehead atoms. The zero-order valence-corrected chi connectivity index (χ0v) is 15.9. The number of urea groups is 1. The molecule has 2 atom stereocenters. The van der Waals surface area contributed by atoms with Gasteiger partial charge in [-0.3, -0.25) is 4.79 Å². The number of amides is 3. The van der Waals surface area contributed by atoms with Gasteiger partial charge >= 0.3 is 18.0 Å². The first-order chi connectivity index (χ1) is 12.0. The van der Waals surface area contributed by atoms with Crippen molar-refractivity contribution in [2.45, 2.75) is 71.9 Å². The molecule has 0 aliphatic rings. The number of carbonyl (C=O) groups excluding carboxylic acids is 2. The maximum atomic E-state index is 11.8. The van der Waals surface area contributed by atoms with Crippen LogP contribution in [0.15, 0.2) is 0 Å². The SMILES string of the molecule is CCCC(NC(=O)NC(CCCCNC(=O)C(C)(C)C)C(=O)O)C(=O)O. The van der Waals surface area contributed by atoms with E-state index in [0.29, 0.717) is 25.8 Å². The molecule has 0 aliphatic heterocycles. The molecular weight excluding hydrogens is 342 g/mol. The maximum Gasteiger partial charge on any atom is 0.326 e. The van der Waals surface area contributed by atoms with Crippen LogP contribution in [0.2, 0.25) is 0 Å². The van der Waals surface area contributed by atoms with Crippen molar-refractivity contribution in [2.24, 2.45) is 5.41 Å². The average molecular weight is 373 g/mol. The van der Waals surface area contributed by atoms with Crippen molar-refractivity contribution in [1.29, 1.82) is 0 Å². The fraction of sp³-hybridized carbons (Fsp3) is 0.765.